The van der Waals surface area contributed by atoms with Crippen LogP contribution in [-0.4, -0.2) is 24.9 Å². The van der Waals surface area contributed by atoms with E-state index in [2.05, 4.69) is 19.9 Å². The van der Waals surface area contributed by atoms with Crippen LogP contribution < -0.4 is 0 Å². The largest absolute Gasteiger partial charge is 0.342 e. The van der Waals surface area contributed by atoms with Gasteiger partial charge < -0.3 is 9.97 Å². The molecule has 4 rings (SSSR count). The number of aromatic amines is 2. The molecular weight excluding hydrogens is 318 g/mol. The lowest BCUT2D eigenvalue weighted by atomic mass is 10.3. The van der Waals surface area contributed by atoms with Crippen LogP contribution >= 0.6 is 11.6 Å². The minimum absolute atomic E-state index is 0.0126. The molecule has 7 nitrogen and oxygen atoms in total. The summed E-state index contributed by atoms with van der Waals surface area (Å²) in [7, 11) is 0. The Kier molecular flexibility index (Phi) is 3.02. The summed E-state index contributed by atoms with van der Waals surface area (Å²) in [6.07, 6.45) is 0.415. The summed E-state index contributed by atoms with van der Waals surface area (Å²) in [5.74, 6) is 1.32. The van der Waals surface area contributed by atoms with Crippen molar-refractivity contribution in [3.63, 3.8) is 0 Å². The fourth-order valence-corrected chi connectivity index (χ4v) is 2.74. The molecule has 4 aromatic rings. The van der Waals surface area contributed by atoms with E-state index < -0.39 is 4.92 Å². The number of benzene rings is 2. The highest BCUT2D eigenvalue weighted by Crippen LogP contribution is 2.24. The number of rotatable bonds is 3. The number of non-ortho nitro benzene ring substituents is 1. The number of hydrogen-bond acceptors (Lipinski definition) is 4. The number of imidazole rings is 2. The average Bonchev–Trinajstić information content (AvgIpc) is 3.08. The molecule has 0 aliphatic heterocycles. The first-order chi connectivity index (χ1) is 11.1. The predicted octanol–water partition coefficient (Wildman–Crippen LogP) is 3.59. The van der Waals surface area contributed by atoms with Crippen LogP contribution in [0.1, 0.15) is 11.6 Å². The van der Waals surface area contributed by atoms with Gasteiger partial charge in [-0.05, 0) is 24.3 Å². The van der Waals surface area contributed by atoms with Crippen LogP contribution in [0.4, 0.5) is 5.69 Å². The molecule has 8 heteroatoms. The first kappa shape index (κ1) is 13.7. The zero-order chi connectivity index (χ0) is 16.0. The Balaban J connectivity index is 1.74. The Hall–Kier alpha value is -2.93. The summed E-state index contributed by atoms with van der Waals surface area (Å²) in [4.78, 5) is 25.7. The van der Waals surface area contributed by atoms with Gasteiger partial charge in [0.25, 0.3) is 5.69 Å². The van der Waals surface area contributed by atoms with Crippen LogP contribution in [0, 0.1) is 10.1 Å². The summed E-state index contributed by atoms with van der Waals surface area (Å²) in [6.45, 7) is 0. The van der Waals surface area contributed by atoms with E-state index in [1.54, 1.807) is 24.3 Å². The first-order valence-corrected chi connectivity index (χ1v) is 7.24. The van der Waals surface area contributed by atoms with Gasteiger partial charge in [-0.15, -0.1) is 0 Å². The lowest BCUT2D eigenvalue weighted by molar-refractivity contribution is -0.383. The molecule has 2 heterocycles. The Bertz CT molecular complexity index is 1050. The quantitative estimate of drug-likeness (QED) is 0.443. The number of halogens is 1. The summed E-state index contributed by atoms with van der Waals surface area (Å²) >= 11 is 5.95. The SMILES string of the molecule is O=[N+]([O-])c1cccc2[nH]c(Cc3nc4cc(Cl)ccc4[nH]3)nc12. The van der Waals surface area contributed by atoms with E-state index in [1.165, 1.54) is 6.07 Å². The maximum atomic E-state index is 11.1. The lowest BCUT2D eigenvalue weighted by Crippen LogP contribution is -1.93. The van der Waals surface area contributed by atoms with Crippen molar-refractivity contribution in [3.05, 3.63) is 63.2 Å². The normalized spacial score (nSPS) is 11.3. The number of nitro benzene ring substituents is 1. The molecule has 0 bridgehead atoms. The molecule has 2 aromatic carbocycles. The smallest absolute Gasteiger partial charge is 0.297 e. The molecule has 23 heavy (non-hydrogen) atoms. The molecule has 0 saturated carbocycles. The van der Waals surface area contributed by atoms with Crippen LogP contribution in [-0.2, 0) is 6.42 Å². The fourth-order valence-electron chi connectivity index (χ4n) is 2.57. The molecule has 0 atom stereocenters. The van der Waals surface area contributed by atoms with Gasteiger partial charge in [0.15, 0.2) is 5.52 Å². The summed E-state index contributed by atoms with van der Waals surface area (Å²) in [5.41, 5.74) is 2.63. The second-order valence-corrected chi connectivity index (χ2v) is 5.57. The van der Waals surface area contributed by atoms with Crippen molar-refractivity contribution in [3.8, 4) is 0 Å². The molecular formula is C15H10ClN5O2. The minimum Gasteiger partial charge on any atom is -0.342 e. The number of fused-ring (bicyclic) bond motifs is 2. The van der Waals surface area contributed by atoms with E-state index in [0.29, 0.717) is 34.1 Å². The molecule has 0 radical (unpaired) electrons. The van der Waals surface area contributed by atoms with Gasteiger partial charge in [0, 0.05) is 11.1 Å². The van der Waals surface area contributed by atoms with Gasteiger partial charge in [-0.25, -0.2) is 9.97 Å². The van der Waals surface area contributed by atoms with Crippen molar-refractivity contribution >= 4 is 39.4 Å². The molecule has 0 saturated heterocycles. The summed E-state index contributed by atoms with van der Waals surface area (Å²) < 4.78 is 0. The topological polar surface area (TPSA) is 100 Å². The Morgan fingerprint density at radius 3 is 2.70 bits per heavy atom. The summed E-state index contributed by atoms with van der Waals surface area (Å²) in [5, 5.41) is 11.7. The fraction of sp³-hybridized carbons (Fsp3) is 0.0667. The van der Waals surface area contributed by atoms with Crippen LogP contribution in [0.25, 0.3) is 22.1 Å². The van der Waals surface area contributed by atoms with Gasteiger partial charge in [0.1, 0.15) is 11.6 Å². The van der Waals surface area contributed by atoms with Gasteiger partial charge in [0.2, 0.25) is 0 Å². The number of para-hydroxylation sites is 1. The lowest BCUT2D eigenvalue weighted by Gasteiger charge is -1.90. The molecule has 0 unspecified atom stereocenters. The average molecular weight is 328 g/mol. The van der Waals surface area contributed by atoms with Crippen LogP contribution in [0.5, 0.6) is 0 Å². The second-order valence-electron chi connectivity index (χ2n) is 5.14. The minimum atomic E-state index is -0.434. The molecule has 0 aliphatic carbocycles. The zero-order valence-electron chi connectivity index (χ0n) is 11.7. The monoisotopic (exact) mass is 327 g/mol. The second kappa shape index (κ2) is 5.06. The number of nitrogens with one attached hydrogen (secondary N) is 2. The van der Waals surface area contributed by atoms with Crippen molar-refractivity contribution < 1.29 is 4.92 Å². The number of hydrogen-bond donors (Lipinski definition) is 2. The van der Waals surface area contributed by atoms with Crippen molar-refractivity contribution in [1.82, 2.24) is 19.9 Å². The maximum Gasteiger partial charge on any atom is 0.297 e. The molecule has 114 valence electrons. The third-order valence-electron chi connectivity index (χ3n) is 3.57. The standard InChI is InChI=1S/C15H10ClN5O2/c16-8-4-5-9-11(6-8)19-13(17-9)7-14-18-10-2-1-3-12(21(22)23)15(10)20-14/h1-6H,7H2,(H,17,19)(H,18,20). The van der Waals surface area contributed by atoms with Gasteiger partial charge in [0.05, 0.1) is 27.9 Å². The van der Waals surface area contributed by atoms with Gasteiger partial charge in [-0.1, -0.05) is 17.7 Å². The molecule has 0 fully saturated rings. The van der Waals surface area contributed by atoms with Crippen molar-refractivity contribution in [2.75, 3.05) is 0 Å². The first-order valence-electron chi connectivity index (χ1n) is 6.86. The van der Waals surface area contributed by atoms with E-state index in [9.17, 15) is 10.1 Å². The van der Waals surface area contributed by atoms with Crippen LogP contribution in [0.3, 0.4) is 0 Å². The Morgan fingerprint density at radius 2 is 1.87 bits per heavy atom. The molecule has 2 aromatic heterocycles. The predicted molar refractivity (Wildman–Crippen MR) is 86.7 cm³/mol. The van der Waals surface area contributed by atoms with E-state index in [1.807, 2.05) is 6.07 Å². The number of H-pyrrole nitrogens is 2. The molecule has 2 N–H and O–H groups in total. The number of nitrogens with zero attached hydrogens (tertiary/aromatic N) is 3. The third-order valence-corrected chi connectivity index (χ3v) is 3.80. The van der Waals surface area contributed by atoms with Gasteiger partial charge in [-0.2, -0.15) is 0 Å². The van der Waals surface area contributed by atoms with E-state index >= 15 is 0 Å². The van der Waals surface area contributed by atoms with Gasteiger partial charge >= 0.3 is 0 Å². The highest BCUT2D eigenvalue weighted by Gasteiger charge is 2.16. The third kappa shape index (κ3) is 2.40. The van der Waals surface area contributed by atoms with Crippen LogP contribution in [0.15, 0.2) is 36.4 Å². The van der Waals surface area contributed by atoms with Gasteiger partial charge in [-0.3, -0.25) is 10.1 Å². The highest BCUT2D eigenvalue weighted by molar-refractivity contribution is 6.31. The van der Waals surface area contributed by atoms with Crippen molar-refractivity contribution in [2.24, 2.45) is 0 Å². The highest BCUT2D eigenvalue weighted by atomic mass is 35.5. The summed E-state index contributed by atoms with van der Waals surface area (Å²) in [6, 6.07) is 10.3. The van der Waals surface area contributed by atoms with Crippen molar-refractivity contribution in [1.29, 1.82) is 0 Å². The van der Waals surface area contributed by atoms with E-state index in [4.69, 9.17) is 11.6 Å². The zero-order valence-corrected chi connectivity index (χ0v) is 12.5. The Labute approximate surface area is 134 Å². The van der Waals surface area contributed by atoms with Crippen LogP contribution in [0.2, 0.25) is 5.02 Å². The number of nitro groups is 1. The molecule has 0 aliphatic rings. The van der Waals surface area contributed by atoms with E-state index in [-0.39, 0.29) is 5.69 Å². The van der Waals surface area contributed by atoms with Crippen molar-refractivity contribution in [2.45, 2.75) is 6.42 Å². The maximum absolute atomic E-state index is 11.1. The number of aromatic nitrogens is 4. The molecule has 0 spiro atoms. The van der Waals surface area contributed by atoms with E-state index in [0.717, 1.165) is 11.0 Å². The Morgan fingerprint density at radius 1 is 1.09 bits per heavy atom. The molecule has 0 amide bonds.